The summed E-state index contributed by atoms with van der Waals surface area (Å²) in [7, 11) is -7.58. The average Bonchev–Trinajstić information content (AvgIpc) is 3.43. The lowest BCUT2D eigenvalue weighted by molar-refractivity contribution is 0.256. The number of sulfonamides is 2. The van der Waals surface area contributed by atoms with E-state index in [1.165, 1.54) is 17.2 Å². The highest BCUT2D eigenvalue weighted by Gasteiger charge is 2.26. The van der Waals surface area contributed by atoms with E-state index in [9.17, 15) is 21.6 Å². The van der Waals surface area contributed by atoms with Gasteiger partial charge in [0.1, 0.15) is 0 Å². The van der Waals surface area contributed by atoms with Crippen molar-refractivity contribution in [2.45, 2.75) is 57.4 Å². The molecule has 1 saturated heterocycles. The summed E-state index contributed by atoms with van der Waals surface area (Å²) in [6.07, 6.45) is 8.89. The van der Waals surface area contributed by atoms with Crippen molar-refractivity contribution < 1.29 is 21.6 Å². The van der Waals surface area contributed by atoms with E-state index < -0.39 is 26.1 Å². The average molecular weight is 483 g/mol. The quantitative estimate of drug-likeness (QED) is 0.537. The van der Waals surface area contributed by atoms with Crippen molar-refractivity contribution in [3.8, 4) is 0 Å². The van der Waals surface area contributed by atoms with Gasteiger partial charge in [-0.25, -0.2) is 31.5 Å². The molecule has 2 aliphatic carbocycles. The van der Waals surface area contributed by atoms with Gasteiger partial charge in [-0.05, 0) is 80.2 Å². The van der Waals surface area contributed by atoms with E-state index in [0.717, 1.165) is 67.2 Å². The number of fused-ring (bicyclic) bond motifs is 2. The van der Waals surface area contributed by atoms with Gasteiger partial charge in [-0.3, -0.25) is 4.90 Å². The first kappa shape index (κ1) is 23.2. The Bertz CT molecular complexity index is 1110. The minimum atomic E-state index is -4.00. The zero-order chi connectivity index (χ0) is 22.9. The lowest BCUT2D eigenvalue weighted by Gasteiger charge is -2.21. The molecule has 1 fully saturated rings. The van der Waals surface area contributed by atoms with Crippen LogP contribution in [0.3, 0.4) is 0 Å². The maximum atomic E-state index is 12.6. The van der Waals surface area contributed by atoms with Crippen LogP contribution in [0.1, 0.15) is 47.9 Å². The van der Waals surface area contributed by atoms with Gasteiger partial charge in [0.15, 0.2) is 0 Å². The van der Waals surface area contributed by atoms with Crippen LogP contribution in [0.5, 0.6) is 0 Å². The Labute approximate surface area is 189 Å². The topological polar surface area (TPSA) is 139 Å². The van der Waals surface area contributed by atoms with Crippen LogP contribution in [0.4, 0.5) is 10.5 Å². The summed E-state index contributed by atoms with van der Waals surface area (Å²) in [5.74, 6) is -0.184. The summed E-state index contributed by atoms with van der Waals surface area (Å²) in [5.41, 5.74) is 5.55. The van der Waals surface area contributed by atoms with Gasteiger partial charge in [0.25, 0.3) is 10.0 Å². The number of urea groups is 1. The molecule has 0 spiro atoms. The van der Waals surface area contributed by atoms with Crippen molar-refractivity contribution in [3.63, 3.8) is 0 Å². The largest absolute Gasteiger partial charge is 0.333 e. The Hall–Kier alpha value is -1.95. The molecule has 2 amide bonds. The van der Waals surface area contributed by atoms with Crippen molar-refractivity contribution in [2.24, 2.45) is 5.14 Å². The van der Waals surface area contributed by atoms with Gasteiger partial charge in [-0.1, -0.05) is 12.1 Å². The predicted molar refractivity (Wildman–Crippen MR) is 123 cm³/mol. The number of nitrogens with zero attached hydrogens (tertiary/aromatic N) is 1. The van der Waals surface area contributed by atoms with Crippen molar-refractivity contribution >= 4 is 31.8 Å². The van der Waals surface area contributed by atoms with Crippen LogP contribution in [0.2, 0.25) is 0 Å². The molecule has 32 heavy (non-hydrogen) atoms. The lowest BCUT2D eigenvalue weighted by atomic mass is 9.99. The lowest BCUT2D eigenvalue weighted by Crippen LogP contribution is -2.36. The number of carbonyl (C=O) groups is 1. The van der Waals surface area contributed by atoms with Crippen LogP contribution in [0.15, 0.2) is 17.6 Å². The van der Waals surface area contributed by atoms with Gasteiger partial charge in [0.2, 0.25) is 10.0 Å². The second-order valence-corrected chi connectivity index (χ2v) is 12.1. The number of benzene rings is 1. The first-order chi connectivity index (χ1) is 15.1. The van der Waals surface area contributed by atoms with Gasteiger partial charge in [-0.15, -0.1) is 0 Å². The number of hydrogen-bond acceptors (Lipinski definition) is 6. The minimum Gasteiger partial charge on any atom is -0.307 e. The molecule has 1 aromatic rings. The Kier molecular flexibility index (Phi) is 6.62. The molecule has 4 N–H and O–H groups in total. The Morgan fingerprint density at radius 2 is 1.72 bits per heavy atom. The maximum absolute atomic E-state index is 12.6. The Morgan fingerprint density at radius 3 is 2.34 bits per heavy atom. The standard InChI is InChI=1S/C21H30N4O5S2/c22-31(27,28)13-11-25-10-3-6-17(25)9-12-32(29,30)24-21(26)23-20-18-7-1-4-15(18)14-16-5-2-8-19(16)20/h9,12,14,17H,1-8,10-11,13H2,(H2,22,27,28)(H2,23,24,26)/b12-9+. The molecule has 1 aliphatic heterocycles. The van der Waals surface area contributed by atoms with Crippen LogP contribution in [0, 0.1) is 0 Å². The highest BCUT2D eigenvalue weighted by Crippen LogP contribution is 2.38. The Balaban J connectivity index is 1.41. The van der Waals surface area contributed by atoms with E-state index >= 15 is 0 Å². The number of nitrogens with one attached hydrogen (secondary N) is 2. The van der Waals surface area contributed by atoms with Crippen LogP contribution in [-0.2, 0) is 45.7 Å². The molecule has 1 heterocycles. The number of amides is 2. The zero-order valence-corrected chi connectivity index (χ0v) is 19.6. The molecule has 0 aromatic heterocycles. The normalized spacial score (nSPS) is 21.1. The van der Waals surface area contributed by atoms with Crippen molar-refractivity contribution in [1.29, 1.82) is 0 Å². The summed E-state index contributed by atoms with van der Waals surface area (Å²) in [6, 6.07) is 1.27. The van der Waals surface area contributed by atoms with Crippen LogP contribution in [0.25, 0.3) is 0 Å². The van der Waals surface area contributed by atoms with Gasteiger partial charge in [-0.2, -0.15) is 0 Å². The molecule has 4 rings (SSSR count). The molecule has 0 bridgehead atoms. The molecule has 11 heteroatoms. The van der Waals surface area contributed by atoms with E-state index in [-0.39, 0.29) is 18.3 Å². The molecule has 0 radical (unpaired) electrons. The number of aryl methyl sites for hydroxylation is 2. The first-order valence-electron chi connectivity index (χ1n) is 11.0. The number of primary sulfonamides is 1. The summed E-state index contributed by atoms with van der Waals surface area (Å²) in [4.78, 5) is 14.5. The molecular weight excluding hydrogens is 452 g/mol. The number of nitrogens with two attached hydrogens (primary N) is 1. The number of carbonyl (C=O) groups excluding carboxylic acids is 1. The molecule has 9 nitrogen and oxygen atoms in total. The van der Waals surface area contributed by atoms with Crippen LogP contribution < -0.4 is 15.2 Å². The molecule has 176 valence electrons. The number of anilines is 1. The molecule has 1 aromatic carbocycles. The summed E-state index contributed by atoms with van der Waals surface area (Å²) < 4.78 is 49.5. The van der Waals surface area contributed by atoms with Gasteiger partial charge >= 0.3 is 6.03 Å². The van der Waals surface area contributed by atoms with E-state index in [1.54, 1.807) is 0 Å². The highest BCUT2D eigenvalue weighted by molar-refractivity contribution is 7.92. The minimum absolute atomic E-state index is 0.184. The van der Waals surface area contributed by atoms with Gasteiger partial charge in [0.05, 0.1) is 5.75 Å². The Morgan fingerprint density at radius 1 is 1.06 bits per heavy atom. The molecule has 3 aliphatic rings. The van der Waals surface area contributed by atoms with Crippen LogP contribution in [-0.4, -0.2) is 52.7 Å². The van der Waals surface area contributed by atoms with Crippen molar-refractivity contribution in [1.82, 2.24) is 9.62 Å². The third-order valence-electron chi connectivity index (χ3n) is 6.50. The highest BCUT2D eigenvalue weighted by atomic mass is 32.2. The molecular formula is C21H30N4O5S2. The second kappa shape index (κ2) is 9.12. The van der Waals surface area contributed by atoms with E-state index in [0.29, 0.717) is 13.0 Å². The fourth-order valence-electron chi connectivity index (χ4n) is 5.06. The third kappa shape index (κ3) is 5.51. The monoisotopic (exact) mass is 482 g/mol. The summed E-state index contributed by atoms with van der Waals surface area (Å²) in [5, 5.41) is 8.88. The fourth-order valence-corrected chi connectivity index (χ4v) is 6.31. The summed E-state index contributed by atoms with van der Waals surface area (Å²) >= 11 is 0. The van der Waals surface area contributed by atoms with E-state index in [1.807, 2.05) is 4.90 Å². The van der Waals surface area contributed by atoms with Crippen LogP contribution >= 0.6 is 0 Å². The molecule has 1 unspecified atom stereocenters. The van der Waals surface area contributed by atoms with Crippen molar-refractivity contribution in [2.75, 3.05) is 24.2 Å². The molecule has 0 saturated carbocycles. The van der Waals surface area contributed by atoms with Gasteiger partial charge in [0, 0.05) is 23.7 Å². The van der Waals surface area contributed by atoms with Crippen molar-refractivity contribution in [3.05, 3.63) is 39.8 Å². The zero-order valence-electron chi connectivity index (χ0n) is 18.0. The SMILES string of the molecule is NS(=O)(=O)CCN1CCCC1/C=C/S(=O)(=O)NC(=O)Nc1c2c(cc3c1CCC3)CCC2. The first-order valence-corrected chi connectivity index (χ1v) is 14.3. The number of likely N-dealkylation sites (tertiary alicyclic amines) is 1. The molecule has 1 atom stereocenters. The number of hydrogen-bond donors (Lipinski definition) is 3. The second-order valence-electron chi connectivity index (χ2n) is 8.78. The number of rotatable bonds is 7. The summed E-state index contributed by atoms with van der Waals surface area (Å²) in [6.45, 7) is 0.911. The fraction of sp³-hybridized carbons (Fsp3) is 0.571. The van der Waals surface area contributed by atoms with E-state index in [2.05, 4.69) is 16.1 Å². The maximum Gasteiger partial charge on any atom is 0.333 e. The van der Waals surface area contributed by atoms with Gasteiger partial charge < -0.3 is 5.32 Å². The van der Waals surface area contributed by atoms with E-state index in [4.69, 9.17) is 5.14 Å². The third-order valence-corrected chi connectivity index (χ3v) is 8.24. The smallest absolute Gasteiger partial charge is 0.307 e. The predicted octanol–water partition coefficient (Wildman–Crippen LogP) is 1.38.